The lowest BCUT2D eigenvalue weighted by atomic mass is 9.89. The van der Waals surface area contributed by atoms with Gasteiger partial charge in [0.25, 0.3) is 0 Å². The van der Waals surface area contributed by atoms with Gasteiger partial charge in [0.05, 0.1) is 5.69 Å². The summed E-state index contributed by atoms with van der Waals surface area (Å²) in [5.74, 6) is -0.155. The van der Waals surface area contributed by atoms with Crippen molar-refractivity contribution in [2.45, 2.75) is 32.4 Å². The third kappa shape index (κ3) is 1.68. The molecule has 0 aliphatic carbocycles. The number of hydrogen-bond donors (Lipinski definition) is 0. The lowest BCUT2D eigenvalue weighted by Crippen LogP contribution is -2.35. The SMILES string of the molecule is Cc1cc(C(C)(C)C(F)(F)F)on1. The highest BCUT2D eigenvalue weighted by Crippen LogP contribution is 2.40. The van der Waals surface area contributed by atoms with Gasteiger partial charge in [-0.3, -0.25) is 0 Å². The van der Waals surface area contributed by atoms with E-state index in [0.29, 0.717) is 5.69 Å². The van der Waals surface area contributed by atoms with Gasteiger partial charge in [0, 0.05) is 6.07 Å². The molecule has 0 unspecified atom stereocenters. The van der Waals surface area contributed by atoms with E-state index in [1.54, 1.807) is 6.92 Å². The van der Waals surface area contributed by atoms with Crippen LogP contribution in [0, 0.1) is 6.92 Å². The van der Waals surface area contributed by atoms with Crippen LogP contribution in [0.25, 0.3) is 0 Å². The molecule has 0 bridgehead atoms. The number of nitrogens with zero attached hydrogens (tertiary/aromatic N) is 1. The Hall–Kier alpha value is -1.00. The molecule has 0 fully saturated rings. The van der Waals surface area contributed by atoms with Gasteiger partial charge in [-0.15, -0.1) is 0 Å². The van der Waals surface area contributed by atoms with Crippen molar-refractivity contribution in [1.29, 1.82) is 0 Å². The molecule has 13 heavy (non-hydrogen) atoms. The zero-order chi connectivity index (χ0) is 10.3. The monoisotopic (exact) mass is 193 g/mol. The summed E-state index contributed by atoms with van der Waals surface area (Å²) in [5, 5.41) is 3.42. The Bertz CT molecular complexity index is 301. The number of alkyl halides is 3. The summed E-state index contributed by atoms with van der Waals surface area (Å²) in [6.45, 7) is 3.71. The highest BCUT2D eigenvalue weighted by molar-refractivity contribution is 5.15. The summed E-state index contributed by atoms with van der Waals surface area (Å²) < 4.78 is 41.9. The molecule has 1 aromatic heterocycles. The largest absolute Gasteiger partial charge is 0.401 e. The Morgan fingerprint density at radius 1 is 1.31 bits per heavy atom. The molecule has 74 valence electrons. The number of aryl methyl sites for hydroxylation is 1. The van der Waals surface area contributed by atoms with E-state index < -0.39 is 11.6 Å². The smallest absolute Gasteiger partial charge is 0.360 e. The van der Waals surface area contributed by atoms with Crippen LogP contribution >= 0.6 is 0 Å². The van der Waals surface area contributed by atoms with Crippen LogP contribution in [0.1, 0.15) is 25.3 Å². The van der Waals surface area contributed by atoms with E-state index in [0.717, 1.165) is 13.8 Å². The van der Waals surface area contributed by atoms with Crippen LogP contribution in [0.3, 0.4) is 0 Å². The maximum absolute atomic E-state index is 12.4. The summed E-state index contributed by atoms with van der Waals surface area (Å²) in [4.78, 5) is 0. The molecule has 0 radical (unpaired) electrons. The predicted molar refractivity (Wildman–Crippen MR) is 40.3 cm³/mol. The lowest BCUT2D eigenvalue weighted by Gasteiger charge is -2.24. The molecule has 1 rings (SSSR count). The average molecular weight is 193 g/mol. The maximum atomic E-state index is 12.4. The molecule has 0 saturated heterocycles. The molecule has 0 N–H and O–H groups in total. The summed E-state index contributed by atoms with van der Waals surface area (Å²) >= 11 is 0. The first kappa shape index (κ1) is 10.1. The molecular formula is C8H10F3NO. The third-order valence-corrected chi connectivity index (χ3v) is 1.95. The Morgan fingerprint density at radius 2 is 1.85 bits per heavy atom. The minimum Gasteiger partial charge on any atom is -0.360 e. The molecule has 0 aromatic carbocycles. The zero-order valence-electron chi connectivity index (χ0n) is 7.57. The van der Waals surface area contributed by atoms with Crippen molar-refractivity contribution in [1.82, 2.24) is 5.16 Å². The normalized spacial score (nSPS) is 13.4. The minimum absolute atomic E-state index is 0.155. The molecule has 1 heterocycles. The van der Waals surface area contributed by atoms with E-state index in [1.165, 1.54) is 6.07 Å². The van der Waals surface area contributed by atoms with E-state index in [4.69, 9.17) is 0 Å². The van der Waals surface area contributed by atoms with Gasteiger partial charge in [0.1, 0.15) is 5.41 Å². The van der Waals surface area contributed by atoms with Crippen LogP contribution in [0.15, 0.2) is 10.6 Å². The van der Waals surface area contributed by atoms with Crippen LogP contribution < -0.4 is 0 Å². The molecule has 2 nitrogen and oxygen atoms in total. The summed E-state index contributed by atoms with van der Waals surface area (Å²) in [6, 6.07) is 1.30. The number of hydrogen-bond acceptors (Lipinski definition) is 2. The first-order chi connectivity index (χ1) is 5.75. The fraction of sp³-hybridized carbons (Fsp3) is 0.625. The van der Waals surface area contributed by atoms with Crippen molar-refractivity contribution in [2.75, 3.05) is 0 Å². The molecular weight excluding hydrogens is 183 g/mol. The standard InChI is InChI=1S/C8H10F3NO/c1-5-4-6(13-12-5)7(2,3)8(9,10)11/h4H,1-3H3. The first-order valence-corrected chi connectivity index (χ1v) is 3.75. The van der Waals surface area contributed by atoms with Crippen molar-refractivity contribution in [2.24, 2.45) is 0 Å². The van der Waals surface area contributed by atoms with Crippen molar-refractivity contribution >= 4 is 0 Å². The van der Waals surface area contributed by atoms with Crippen LogP contribution in [0.4, 0.5) is 13.2 Å². The minimum atomic E-state index is -4.32. The van der Waals surface area contributed by atoms with Crippen LogP contribution in [0.2, 0.25) is 0 Å². The van der Waals surface area contributed by atoms with Gasteiger partial charge in [0.2, 0.25) is 0 Å². The van der Waals surface area contributed by atoms with Gasteiger partial charge >= 0.3 is 6.18 Å². The summed E-state index contributed by atoms with van der Waals surface area (Å²) in [6.07, 6.45) is -4.32. The zero-order valence-corrected chi connectivity index (χ0v) is 7.57. The fourth-order valence-corrected chi connectivity index (χ4v) is 0.798. The first-order valence-electron chi connectivity index (χ1n) is 3.75. The fourth-order valence-electron chi connectivity index (χ4n) is 0.798. The second-order valence-electron chi connectivity index (χ2n) is 3.46. The highest BCUT2D eigenvalue weighted by atomic mass is 19.4. The molecule has 1 aromatic rings. The Morgan fingerprint density at radius 3 is 2.15 bits per heavy atom. The molecule has 0 spiro atoms. The van der Waals surface area contributed by atoms with E-state index in [1.807, 2.05) is 0 Å². The number of aromatic nitrogens is 1. The van der Waals surface area contributed by atoms with Crippen molar-refractivity contribution in [3.05, 3.63) is 17.5 Å². The molecule has 0 atom stereocenters. The topological polar surface area (TPSA) is 26.0 Å². The highest BCUT2D eigenvalue weighted by Gasteiger charge is 2.51. The quantitative estimate of drug-likeness (QED) is 0.685. The molecule has 0 amide bonds. The second-order valence-corrected chi connectivity index (χ2v) is 3.46. The summed E-state index contributed by atoms with van der Waals surface area (Å²) in [5.41, 5.74) is -1.53. The third-order valence-electron chi connectivity index (χ3n) is 1.95. The average Bonchev–Trinajstić information content (AvgIpc) is 2.33. The van der Waals surface area contributed by atoms with E-state index in [9.17, 15) is 13.2 Å². The number of rotatable bonds is 1. The van der Waals surface area contributed by atoms with Gasteiger partial charge in [-0.2, -0.15) is 13.2 Å². The van der Waals surface area contributed by atoms with Gasteiger partial charge in [0.15, 0.2) is 5.76 Å². The van der Waals surface area contributed by atoms with E-state index in [2.05, 4.69) is 9.68 Å². The Labute approximate surface area is 73.7 Å². The molecule has 0 aliphatic heterocycles. The van der Waals surface area contributed by atoms with Crippen molar-refractivity contribution in [3.8, 4) is 0 Å². The Kier molecular flexibility index (Phi) is 2.13. The number of halogens is 3. The van der Waals surface area contributed by atoms with E-state index >= 15 is 0 Å². The van der Waals surface area contributed by atoms with Gasteiger partial charge < -0.3 is 4.52 Å². The van der Waals surface area contributed by atoms with Gasteiger partial charge in [-0.1, -0.05) is 5.16 Å². The Balaban J connectivity index is 3.07. The summed E-state index contributed by atoms with van der Waals surface area (Å²) in [7, 11) is 0. The molecule has 0 aliphatic rings. The van der Waals surface area contributed by atoms with Crippen LogP contribution in [-0.4, -0.2) is 11.3 Å². The van der Waals surface area contributed by atoms with Crippen molar-refractivity contribution in [3.63, 3.8) is 0 Å². The second kappa shape index (κ2) is 2.75. The molecule has 5 heteroatoms. The van der Waals surface area contributed by atoms with Gasteiger partial charge in [-0.25, -0.2) is 0 Å². The van der Waals surface area contributed by atoms with Crippen LogP contribution in [-0.2, 0) is 5.41 Å². The predicted octanol–water partition coefficient (Wildman–Crippen LogP) is 2.82. The lowest BCUT2D eigenvalue weighted by molar-refractivity contribution is -0.185. The molecule has 0 saturated carbocycles. The maximum Gasteiger partial charge on any atom is 0.401 e. The van der Waals surface area contributed by atoms with Crippen molar-refractivity contribution < 1.29 is 17.7 Å². The van der Waals surface area contributed by atoms with Crippen LogP contribution in [0.5, 0.6) is 0 Å². The van der Waals surface area contributed by atoms with E-state index in [-0.39, 0.29) is 5.76 Å². The van der Waals surface area contributed by atoms with Gasteiger partial charge in [-0.05, 0) is 20.8 Å².